The third-order valence-electron chi connectivity index (χ3n) is 9.20. The highest BCUT2D eigenvalue weighted by Gasteiger charge is 2.34. The first-order valence-electron chi connectivity index (χ1n) is 17.7. The van der Waals surface area contributed by atoms with Crippen molar-refractivity contribution < 1.29 is 40.6 Å². The van der Waals surface area contributed by atoms with Crippen molar-refractivity contribution in [3.63, 3.8) is 0 Å². The van der Waals surface area contributed by atoms with Gasteiger partial charge in [-0.3, -0.25) is 9.59 Å². The van der Waals surface area contributed by atoms with Gasteiger partial charge in [0.15, 0.2) is 0 Å². The average Bonchev–Trinajstić information content (AvgIpc) is 3.12. The number of sulfonamides is 2. The number of ether oxygens (including phenoxy) is 3. The van der Waals surface area contributed by atoms with Crippen molar-refractivity contribution in [2.75, 3.05) is 65.8 Å². The van der Waals surface area contributed by atoms with Crippen LogP contribution in [0.3, 0.4) is 0 Å². The van der Waals surface area contributed by atoms with E-state index in [4.69, 9.17) is 14.2 Å². The zero-order valence-corrected chi connectivity index (χ0v) is 32.4. The normalized spacial score (nSPS) is 18.5. The van der Waals surface area contributed by atoms with Crippen LogP contribution in [0.5, 0.6) is 0 Å². The number of hydrogen-bond donors (Lipinski definition) is 2. The van der Waals surface area contributed by atoms with Crippen LogP contribution in [-0.2, 0) is 43.8 Å². The standard InChI is InChI=1S/C36H56N4O9S2/c1-7-29(5)33(37-50(43,44)31-13-9-27(3)10-14-31)35(41)39-17-21-47-22-18-40(20-24-49-26-25-48-23-19-39)36(42)34(30(6)8-2)38-51(45,46)32-15-11-28(4)12-16-32/h9-16,29-30,33-34,37-38H,7-8,17-26H2,1-6H3. The summed E-state index contributed by atoms with van der Waals surface area (Å²) in [4.78, 5) is 31.1. The highest BCUT2D eigenvalue weighted by Crippen LogP contribution is 2.19. The molecule has 3 rings (SSSR count). The number of amides is 2. The molecule has 1 fully saturated rings. The Morgan fingerprint density at radius 2 is 0.882 bits per heavy atom. The molecule has 0 aliphatic carbocycles. The van der Waals surface area contributed by atoms with E-state index < -0.39 is 32.1 Å². The largest absolute Gasteiger partial charge is 0.378 e. The van der Waals surface area contributed by atoms with Crippen molar-refractivity contribution in [1.82, 2.24) is 19.2 Å². The van der Waals surface area contributed by atoms with Gasteiger partial charge in [0.2, 0.25) is 31.9 Å². The van der Waals surface area contributed by atoms with Crippen molar-refractivity contribution in [3.05, 3.63) is 59.7 Å². The van der Waals surface area contributed by atoms with Gasteiger partial charge >= 0.3 is 0 Å². The van der Waals surface area contributed by atoms with Crippen LogP contribution in [0.4, 0.5) is 0 Å². The molecule has 2 N–H and O–H groups in total. The summed E-state index contributed by atoms with van der Waals surface area (Å²) in [6.07, 6.45) is 1.13. The number of nitrogens with zero attached hydrogens (tertiary/aromatic N) is 2. The average molecular weight is 753 g/mol. The van der Waals surface area contributed by atoms with Gasteiger partial charge in [-0.2, -0.15) is 9.44 Å². The predicted molar refractivity (Wildman–Crippen MR) is 195 cm³/mol. The van der Waals surface area contributed by atoms with E-state index in [1.54, 1.807) is 24.3 Å². The summed E-state index contributed by atoms with van der Waals surface area (Å²) in [5.74, 6) is -1.37. The van der Waals surface area contributed by atoms with E-state index in [9.17, 15) is 26.4 Å². The molecule has 0 bridgehead atoms. The second kappa shape index (κ2) is 20.4. The Balaban J connectivity index is 1.74. The van der Waals surface area contributed by atoms with E-state index in [2.05, 4.69) is 9.44 Å². The number of carbonyl (C=O) groups is 2. The summed E-state index contributed by atoms with van der Waals surface area (Å²) >= 11 is 0. The minimum absolute atomic E-state index is 0.0792. The molecule has 0 saturated carbocycles. The third kappa shape index (κ3) is 12.9. The van der Waals surface area contributed by atoms with Gasteiger partial charge in [-0.25, -0.2) is 16.8 Å². The molecule has 2 amide bonds. The van der Waals surface area contributed by atoms with Crippen LogP contribution < -0.4 is 9.44 Å². The van der Waals surface area contributed by atoms with Gasteiger partial charge in [0.1, 0.15) is 12.1 Å². The first kappa shape index (κ1) is 42.5. The van der Waals surface area contributed by atoms with E-state index in [0.717, 1.165) is 11.1 Å². The maximum absolute atomic E-state index is 14.0. The van der Waals surface area contributed by atoms with Crippen LogP contribution in [0, 0.1) is 25.7 Å². The van der Waals surface area contributed by atoms with Gasteiger partial charge in [-0.15, -0.1) is 0 Å². The Hall–Kier alpha value is -2.92. The van der Waals surface area contributed by atoms with Crippen molar-refractivity contribution in [2.45, 2.75) is 76.3 Å². The number of nitrogens with one attached hydrogen (secondary N) is 2. The van der Waals surface area contributed by atoms with Crippen molar-refractivity contribution >= 4 is 31.9 Å². The molecular formula is C36H56N4O9S2. The van der Waals surface area contributed by atoms with Gasteiger partial charge < -0.3 is 24.0 Å². The predicted octanol–water partition coefficient (Wildman–Crippen LogP) is 3.11. The van der Waals surface area contributed by atoms with Crippen molar-refractivity contribution in [1.29, 1.82) is 0 Å². The summed E-state index contributed by atoms with van der Waals surface area (Å²) in [5.41, 5.74) is 1.84. The summed E-state index contributed by atoms with van der Waals surface area (Å²) in [6.45, 7) is 13.1. The molecule has 13 nitrogen and oxygen atoms in total. The molecule has 1 aliphatic heterocycles. The number of hydrogen-bond acceptors (Lipinski definition) is 9. The molecule has 1 saturated heterocycles. The molecule has 286 valence electrons. The van der Waals surface area contributed by atoms with Crippen molar-refractivity contribution in [3.8, 4) is 0 Å². The van der Waals surface area contributed by atoms with Crippen LogP contribution in [0.25, 0.3) is 0 Å². The monoisotopic (exact) mass is 752 g/mol. The SMILES string of the molecule is CCC(C)C(NS(=O)(=O)c1ccc(C)cc1)C(=O)N1CCOCCOCCN(C(=O)C(NS(=O)(=O)c2ccc(C)cc2)C(C)CC)CCOCC1. The summed E-state index contributed by atoms with van der Waals surface area (Å²) in [5, 5.41) is 0. The molecular weight excluding hydrogens is 697 g/mol. The molecule has 0 spiro atoms. The fraction of sp³-hybridized carbons (Fsp3) is 0.611. The minimum Gasteiger partial charge on any atom is -0.378 e. The molecule has 2 aromatic carbocycles. The highest BCUT2D eigenvalue weighted by atomic mass is 32.2. The molecule has 4 unspecified atom stereocenters. The van der Waals surface area contributed by atoms with Crippen LogP contribution >= 0.6 is 0 Å². The maximum Gasteiger partial charge on any atom is 0.241 e. The highest BCUT2D eigenvalue weighted by molar-refractivity contribution is 7.89. The van der Waals surface area contributed by atoms with Gasteiger partial charge in [-0.05, 0) is 49.9 Å². The molecule has 0 radical (unpaired) electrons. The Bertz CT molecular complexity index is 1480. The molecule has 1 heterocycles. The summed E-state index contributed by atoms with van der Waals surface area (Å²) < 4.78 is 76.0. The maximum atomic E-state index is 14.0. The lowest BCUT2D eigenvalue weighted by Gasteiger charge is -2.31. The lowest BCUT2D eigenvalue weighted by molar-refractivity contribution is -0.136. The molecule has 2 aromatic rings. The topological polar surface area (TPSA) is 161 Å². The zero-order valence-electron chi connectivity index (χ0n) is 30.8. The minimum atomic E-state index is -3.98. The fourth-order valence-electron chi connectivity index (χ4n) is 5.38. The first-order valence-corrected chi connectivity index (χ1v) is 20.7. The quantitative estimate of drug-likeness (QED) is 0.332. The van der Waals surface area contributed by atoms with E-state index in [0.29, 0.717) is 12.8 Å². The smallest absolute Gasteiger partial charge is 0.241 e. The molecule has 0 aromatic heterocycles. The van der Waals surface area contributed by atoms with Crippen LogP contribution in [0.1, 0.15) is 51.7 Å². The third-order valence-corrected chi connectivity index (χ3v) is 12.1. The molecule has 1 aliphatic rings. The number of carbonyl (C=O) groups excluding carboxylic acids is 2. The number of benzene rings is 2. The Morgan fingerprint density at radius 3 is 1.18 bits per heavy atom. The summed E-state index contributed by atoms with van der Waals surface area (Å²) in [6, 6.07) is 10.9. The first-order chi connectivity index (χ1) is 24.2. The molecule has 15 heteroatoms. The van der Waals surface area contributed by atoms with E-state index >= 15 is 0 Å². The van der Waals surface area contributed by atoms with Crippen LogP contribution in [-0.4, -0.2) is 116 Å². The fourth-order valence-corrected chi connectivity index (χ4v) is 7.97. The van der Waals surface area contributed by atoms with Crippen LogP contribution in [0.15, 0.2) is 58.3 Å². The van der Waals surface area contributed by atoms with Gasteiger partial charge in [0.25, 0.3) is 0 Å². The van der Waals surface area contributed by atoms with Crippen molar-refractivity contribution in [2.24, 2.45) is 11.8 Å². The lowest BCUT2D eigenvalue weighted by atomic mass is 9.99. The van der Waals surface area contributed by atoms with Gasteiger partial charge in [0.05, 0.1) is 49.4 Å². The Morgan fingerprint density at radius 1 is 0.588 bits per heavy atom. The molecule has 4 atom stereocenters. The molecule has 51 heavy (non-hydrogen) atoms. The second-order valence-corrected chi connectivity index (χ2v) is 16.5. The lowest BCUT2D eigenvalue weighted by Crippen LogP contribution is -2.53. The number of rotatable bonds is 12. The second-order valence-electron chi connectivity index (χ2n) is 13.1. The van der Waals surface area contributed by atoms with Gasteiger partial charge in [0, 0.05) is 26.2 Å². The van der Waals surface area contributed by atoms with Crippen LogP contribution in [0.2, 0.25) is 0 Å². The number of aryl methyl sites for hydroxylation is 2. The zero-order chi connectivity index (χ0) is 37.6. The summed E-state index contributed by atoms with van der Waals surface area (Å²) in [7, 11) is -7.97. The van der Waals surface area contributed by atoms with Gasteiger partial charge in [-0.1, -0.05) is 75.9 Å². The van der Waals surface area contributed by atoms with E-state index in [-0.39, 0.29) is 99.3 Å². The Labute approximate surface area is 304 Å². The Kier molecular flexibility index (Phi) is 17.0. The van der Waals surface area contributed by atoms with E-state index in [1.807, 2.05) is 41.5 Å². The van der Waals surface area contributed by atoms with E-state index in [1.165, 1.54) is 34.1 Å².